The average molecular weight is 541 g/mol. The van der Waals surface area contributed by atoms with Gasteiger partial charge in [0.25, 0.3) is 0 Å². The number of benzene rings is 1. The number of rotatable bonds is 3. The minimum absolute atomic E-state index is 0.418. The summed E-state index contributed by atoms with van der Waals surface area (Å²) in [6.07, 6.45) is -5.93. The number of nitrogens with zero attached hydrogens (tertiary/aromatic N) is 3. The van der Waals surface area contributed by atoms with Crippen LogP contribution in [0.15, 0.2) is 67.0 Å². The Morgan fingerprint density at radius 3 is 1.92 bits per heavy atom. The second kappa shape index (κ2) is 14.0. The lowest BCUT2D eigenvalue weighted by molar-refractivity contribution is -0.150. The lowest BCUT2D eigenvalue weighted by Crippen LogP contribution is -2.36. The summed E-state index contributed by atoms with van der Waals surface area (Å²) in [7, 11) is 1.28. The molecule has 3 aromatic heterocycles. The summed E-state index contributed by atoms with van der Waals surface area (Å²) < 4.78 is 75.2. The predicted molar refractivity (Wildman–Crippen MR) is 133 cm³/mol. The van der Waals surface area contributed by atoms with Gasteiger partial charge >= 0.3 is 12.4 Å². The number of hydrogen-bond acceptors (Lipinski definition) is 5. The van der Waals surface area contributed by atoms with Crippen LogP contribution in [0.2, 0.25) is 0 Å². The summed E-state index contributed by atoms with van der Waals surface area (Å²) in [6, 6.07) is 14.6. The number of nitrogens with one attached hydrogen (secondary N) is 1. The number of hydrogen-bond donors (Lipinski definition) is 1. The van der Waals surface area contributed by atoms with Gasteiger partial charge in [-0.1, -0.05) is 24.3 Å². The molecule has 6 nitrogen and oxygen atoms in total. The van der Waals surface area contributed by atoms with Crippen LogP contribution in [-0.4, -0.2) is 47.4 Å². The van der Waals surface area contributed by atoms with Gasteiger partial charge in [-0.3, -0.25) is 9.55 Å². The van der Waals surface area contributed by atoms with Crippen molar-refractivity contribution in [3.05, 3.63) is 78.1 Å². The molecule has 4 rings (SSSR count). The molecule has 0 saturated carbocycles. The summed E-state index contributed by atoms with van der Waals surface area (Å²) in [5.41, 5.74) is 2.88. The van der Waals surface area contributed by atoms with Gasteiger partial charge in [0.15, 0.2) is 0 Å². The fraction of sp³-hybridized carbons (Fsp3) is 0.231. The molecule has 0 bridgehead atoms. The fourth-order valence-electron chi connectivity index (χ4n) is 3.06. The van der Waals surface area contributed by atoms with Crippen molar-refractivity contribution in [1.29, 1.82) is 0 Å². The highest BCUT2D eigenvalue weighted by Gasteiger charge is 2.34. The van der Waals surface area contributed by atoms with E-state index in [1.165, 1.54) is 7.05 Å². The molecule has 0 saturated heterocycles. The molecule has 0 aliphatic rings. The van der Waals surface area contributed by atoms with Crippen LogP contribution in [0.1, 0.15) is 18.1 Å². The molecule has 0 aliphatic carbocycles. The number of para-hydroxylation sites is 1. The predicted octanol–water partition coefficient (Wildman–Crippen LogP) is 6.20. The van der Waals surface area contributed by atoms with Gasteiger partial charge in [0.05, 0.1) is 17.0 Å². The summed E-state index contributed by atoms with van der Waals surface area (Å²) in [6.45, 7) is 7.00. The van der Waals surface area contributed by atoms with E-state index in [1.807, 2.05) is 67.5 Å². The molecule has 204 valence electrons. The Bertz CT molecular complexity index is 1270. The molecule has 0 radical (unpaired) electrons. The fourth-order valence-corrected chi connectivity index (χ4v) is 3.06. The minimum atomic E-state index is -4.43. The lowest BCUT2D eigenvalue weighted by atomic mass is 10.2. The number of carbonyl (C=O) groups excluding carboxylic acids is 2. The molecule has 0 aliphatic heterocycles. The third-order valence-electron chi connectivity index (χ3n) is 5.08. The Balaban J connectivity index is 0.000000514. The van der Waals surface area contributed by atoms with Crippen molar-refractivity contribution in [2.45, 2.75) is 32.2 Å². The van der Waals surface area contributed by atoms with Crippen molar-refractivity contribution in [3.8, 4) is 17.1 Å². The number of carbonyl (C=O) groups is 2. The number of halogens is 6. The van der Waals surface area contributed by atoms with E-state index in [4.69, 9.17) is 9.59 Å². The molecule has 38 heavy (non-hydrogen) atoms. The number of aromatic nitrogens is 3. The number of aryl methyl sites for hydroxylation is 1. The zero-order valence-electron chi connectivity index (χ0n) is 20.8. The largest absolute Gasteiger partial charge is 0.417 e. The molecular weight excluding hydrogens is 514 g/mol. The maximum Gasteiger partial charge on any atom is 0.417 e. The van der Waals surface area contributed by atoms with Gasteiger partial charge in [0.1, 0.15) is 25.3 Å². The zero-order valence-corrected chi connectivity index (χ0v) is 20.8. The van der Waals surface area contributed by atoms with Gasteiger partial charge < -0.3 is 14.9 Å². The quantitative estimate of drug-likeness (QED) is 0.313. The van der Waals surface area contributed by atoms with E-state index in [0.29, 0.717) is 22.4 Å². The maximum atomic E-state index is 13.1. The number of alkyl halides is 6. The summed E-state index contributed by atoms with van der Waals surface area (Å²) in [5.74, 6) is 0. The van der Waals surface area contributed by atoms with Gasteiger partial charge in [0, 0.05) is 23.5 Å². The van der Waals surface area contributed by atoms with Crippen molar-refractivity contribution in [1.82, 2.24) is 19.9 Å². The minimum Gasteiger partial charge on any atom is -0.309 e. The first-order chi connectivity index (χ1) is 17.9. The van der Waals surface area contributed by atoms with Crippen molar-refractivity contribution >= 4 is 24.6 Å². The molecule has 0 spiro atoms. The number of fused-ring (bicyclic) bond motifs is 1. The van der Waals surface area contributed by atoms with Crippen LogP contribution in [0.3, 0.4) is 0 Å². The standard InChI is InChI=1S/C20H14F3N3.C4H8F3N.2CH2O/c1-13-7-8-17(24-11-13)18-10-14-9-15(20(21,22)23)12-25-19(14)26(18)16-5-3-2-4-6-16;1-3(8-2)4(5,6)7;2*1-2/h2-12H,1H3;3,8H,1-2H3;2*1H2. The Morgan fingerprint density at radius 1 is 0.868 bits per heavy atom. The monoisotopic (exact) mass is 540 g/mol. The zero-order chi connectivity index (χ0) is 29.1. The van der Waals surface area contributed by atoms with Crippen molar-refractivity contribution in [3.63, 3.8) is 0 Å². The van der Waals surface area contributed by atoms with Gasteiger partial charge in [-0.15, -0.1) is 0 Å². The second-order valence-corrected chi connectivity index (χ2v) is 7.61. The molecule has 0 fully saturated rings. The normalized spacial score (nSPS) is 11.7. The van der Waals surface area contributed by atoms with E-state index in [9.17, 15) is 26.3 Å². The Kier molecular flexibility index (Phi) is 11.8. The Morgan fingerprint density at radius 2 is 1.47 bits per heavy atom. The molecule has 4 aromatic rings. The third kappa shape index (κ3) is 8.23. The molecule has 3 heterocycles. The molecule has 1 N–H and O–H groups in total. The van der Waals surface area contributed by atoms with Crippen LogP contribution < -0.4 is 5.32 Å². The van der Waals surface area contributed by atoms with Gasteiger partial charge in [-0.25, -0.2) is 4.98 Å². The SMILES string of the molecule is C=O.C=O.CNC(C)C(F)(F)F.Cc1ccc(-c2cc3cc(C(F)(F)F)cnc3n2-c2ccccc2)nc1. The van der Waals surface area contributed by atoms with Crippen LogP contribution in [0.25, 0.3) is 28.1 Å². The van der Waals surface area contributed by atoms with Crippen molar-refractivity contribution in [2.75, 3.05) is 7.05 Å². The first-order valence-electron chi connectivity index (χ1n) is 10.8. The third-order valence-corrected chi connectivity index (χ3v) is 5.08. The summed E-state index contributed by atoms with van der Waals surface area (Å²) in [5, 5.41) is 2.50. The van der Waals surface area contributed by atoms with Crippen molar-refractivity contribution in [2.24, 2.45) is 0 Å². The van der Waals surface area contributed by atoms with E-state index in [-0.39, 0.29) is 0 Å². The molecule has 1 atom stereocenters. The molecule has 1 aromatic carbocycles. The maximum absolute atomic E-state index is 13.1. The van der Waals surface area contributed by atoms with E-state index < -0.39 is 24.0 Å². The highest BCUT2D eigenvalue weighted by atomic mass is 19.4. The smallest absolute Gasteiger partial charge is 0.309 e. The summed E-state index contributed by atoms with van der Waals surface area (Å²) in [4.78, 5) is 24.5. The Hall–Kier alpha value is -4.06. The van der Waals surface area contributed by atoms with E-state index in [2.05, 4.69) is 15.3 Å². The lowest BCUT2D eigenvalue weighted by Gasteiger charge is -2.13. The van der Waals surface area contributed by atoms with Crippen LogP contribution in [0, 0.1) is 6.92 Å². The number of pyridine rings is 2. The molecule has 12 heteroatoms. The molecule has 1 unspecified atom stereocenters. The highest BCUT2D eigenvalue weighted by Crippen LogP contribution is 2.34. The highest BCUT2D eigenvalue weighted by molar-refractivity contribution is 5.86. The Labute approximate surface area is 215 Å². The second-order valence-electron chi connectivity index (χ2n) is 7.61. The average Bonchev–Trinajstić information content (AvgIpc) is 3.29. The van der Waals surface area contributed by atoms with Crippen LogP contribution in [0.4, 0.5) is 26.3 Å². The van der Waals surface area contributed by atoms with Crippen molar-refractivity contribution < 1.29 is 35.9 Å². The molecule has 0 amide bonds. The molecular formula is C26H26F6N4O2. The van der Waals surface area contributed by atoms with Crippen LogP contribution in [0.5, 0.6) is 0 Å². The van der Waals surface area contributed by atoms with E-state index in [1.54, 1.807) is 12.3 Å². The van der Waals surface area contributed by atoms with E-state index >= 15 is 0 Å². The van der Waals surface area contributed by atoms with Crippen LogP contribution in [-0.2, 0) is 15.8 Å². The van der Waals surface area contributed by atoms with Crippen LogP contribution >= 0.6 is 0 Å². The van der Waals surface area contributed by atoms with Gasteiger partial charge in [-0.05, 0) is 56.8 Å². The van der Waals surface area contributed by atoms with E-state index in [0.717, 1.165) is 30.4 Å². The first-order valence-corrected chi connectivity index (χ1v) is 10.8. The van der Waals surface area contributed by atoms with Gasteiger partial charge in [-0.2, -0.15) is 26.3 Å². The summed E-state index contributed by atoms with van der Waals surface area (Å²) >= 11 is 0. The van der Waals surface area contributed by atoms with Gasteiger partial charge in [0.2, 0.25) is 0 Å². The topological polar surface area (TPSA) is 76.9 Å². The first kappa shape index (κ1) is 32.0.